The van der Waals surface area contributed by atoms with E-state index in [1.165, 1.54) is 51.7 Å². The van der Waals surface area contributed by atoms with E-state index < -0.39 is 0 Å². The predicted molar refractivity (Wildman–Crippen MR) is 78.8 cm³/mol. The van der Waals surface area contributed by atoms with Crippen molar-refractivity contribution in [1.82, 2.24) is 10.2 Å². The standard InChI is InChI=1S/C16H32N2/c1-4-16(10-17-9-13(2)3)18(11-14-5-6-14)12-15-7-8-15/h13-17H,4-12H2,1-3H3. The number of hydrogen-bond acceptors (Lipinski definition) is 2. The fraction of sp³-hybridized carbons (Fsp3) is 1.00. The molecule has 2 nitrogen and oxygen atoms in total. The maximum absolute atomic E-state index is 3.66. The maximum atomic E-state index is 3.66. The Labute approximate surface area is 114 Å². The lowest BCUT2D eigenvalue weighted by atomic mass is 10.1. The Kier molecular flexibility index (Phi) is 5.50. The summed E-state index contributed by atoms with van der Waals surface area (Å²) in [5, 5.41) is 3.66. The van der Waals surface area contributed by atoms with Crippen molar-refractivity contribution in [3.63, 3.8) is 0 Å². The third kappa shape index (κ3) is 5.27. The largest absolute Gasteiger partial charge is 0.315 e. The van der Waals surface area contributed by atoms with Crippen LogP contribution in [-0.2, 0) is 0 Å². The van der Waals surface area contributed by atoms with Crippen LogP contribution in [0.25, 0.3) is 0 Å². The molecule has 106 valence electrons. The van der Waals surface area contributed by atoms with Gasteiger partial charge in [-0.2, -0.15) is 0 Å². The number of nitrogens with one attached hydrogen (secondary N) is 1. The Balaban J connectivity index is 1.75. The second-order valence-electron chi connectivity index (χ2n) is 6.95. The van der Waals surface area contributed by atoms with Crippen molar-refractivity contribution in [2.45, 2.75) is 58.9 Å². The van der Waals surface area contributed by atoms with E-state index in [4.69, 9.17) is 0 Å². The molecule has 1 atom stereocenters. The number of nitrogens with zero attached hydrogens (tertiary/aromatic N) is 1. The summed E-state index contributed by atoms with van der Waals surface area (Å²) >= 11 is 0. The van der Waals surface area contributed by atoms with Gasteiger partial charge in [-0.3, -0.25) is 4.90 Å². The molecule has 0 saturated heterocycles. The van der Waals surface area contributed by atoms with Gasteiger partial charge in [-0.05, 0) is 56.4 Å². The van der Waals surface area contributed by atoms with Crippen molar-refractivity contribution in [1.29, 1.82) is 0 Å². The van der Waals surface area contributed by atoms with Crippen molar-refractivity contribution >= 4 is 0 Å². The molecule has 2 heteroatoms. The third-order valence-electron chi connectivity index (χ3n) is 4.30. The van der Waals surface area contributed by atoms with Crippen LogP contribution in [0.5, 0.6) is 0 Å². The zero-order chi connectivity index (χ0) is 13.0. The Morgan fingerprint density at radius 1 is 1.00 bits per heavy atom. The minimum absolute atomic E-state index is 0.767. The molecule has 2 aliphatic carbocycles. The summed E-state index contributed by atoms with van der Waals surface area (Å²) in [4.78, 5) is 2.81. The Morgan fingerprint density at radius 2 is 1.56 bits per heavy atom. The van der Waals surface area contributed by atoms with Crippen molar-refractivity contribution in [3.8, 4) is 0 Å². The zero-order valence-electron chi connectivity index (χ0n) is 12.6. The molecule has 0 bridgehead atoms. The highest BCUT2D eigenvalue weighted by atomic mass is 15.2. The molecule has 0 amide bonds. The molecule has 0 aromatic heterocycles. The molecule has 0 aliphatic heterocycles. The lowest BCUT2D eigenvalue weighted by molar-refractivity contribution is 0.170. The summed E-state index contributed by atoms with van der Waals surface area (Å²) in [6.07, 6.45) is 7.23. The van der Waals surface area contributed by atoms with Crippen LogP contribution in [-0.4, -0.2) is 37.1 Å². The van der Waals surface area contributed by atoms with E-state index in [0.29, 0.717) is 0 Å². The van der Waals surface area contributed by atoms with Gasteiger partial charge in [0.15, 0.2) is 0 Å². The van der Waals surface area contributed by atoms with Crippen LogP contribution in [0.2, 0.25) is 0 Å². The summed E-state index contributed by atoms with van der Waals surface area (Å²) in [5.41, 5.74) is 0. The molecule has 2 fully saturated rings. The normalized spacial score (nSPS) is 21.8. The summed E-state index contributed by atoms with van der Waals surface area (Å²) in [6, 6.07) is 0.768. The maximum Gasteiger partial charge on any atom is 0.0218 e. The highest BCUT2D eigenvalue weighted by molar-refractivity contribution is 4.86. The first-order valence-electron chi connectivity index (χ1n) is 8.13. The van der Waals surface area contributed by atoms with Gasteiger partial charge in [0.05, 0.1) is 0 Å². The Hall–Kier alpha value is -0.0800. The Morgan fingerprint density at radius 3 is 1.94 bits per heavy atom. The van der Waals surface area contributed by atoms with Crippen molar-refractivity contribution in [2.75, 3.05) is 26.2 Å². The lowest BCUT2D eigenvalue weighted by Crippen LogP contribution is -2.44. The van der Waals surface area contributed by atoms with E-state index in [1.54, 1.807) is 0 Å². The van der Waals surface area contributed by atoms with Gasteiger partial charge < -0.3 is 5.32 Å². The van der Waals surface area contributed by atoms with Crippen LogP contribution in [0.15, 0.2) is 0 Å². The van der Waals surface area contributed by atoms with Gasteiger partial charge in [0.25, 0.3) is 0 Å². The van der Waals surface area contributed by atoms with E-state index >= 15 is 0 Å². The fourth-order valence-corrected chi connectivity index (χ4v) is 2.71. The van der Waals surface area contributed by atoms with E-state index in [2.05, 4.69) is 31.0 Å². The number of hydrogen-bond donors (Lipinski definition) is 1. The second kappa shape index (κ2) is 6.91. The van der Waals surface area contributed by atoms with Crippen LogP contribution >= 0.6 is 0 Å². The molecule has 0 aromatic carbocycles. The van der Waals surface area contributed by atoms with E-state index in [9.17, 15) is 0 Å². The molecule has 2 rings (SSSR count). The van der Waals surface area contributed by atoms with E-state index in [1.807, 2.05) is 0 Å². The van der Waals surface area contributed by atoms with E-state index in [-0.39, 0.29) is 0 Å². The SMILES string of the molecule is CCC(CNCC(C)C)N(CC1CC1)CC1CC1. The topological polar surface area (TPSA) is 15.3 Å². The summed E-state index contributed by atoms with van der Waals surface area (Å²) in [6.45, 7) is 12.0. The van der Waals surface area contributed by atoms with Gasteiger partial charge in [-0.25, -0.2) is 0 Å². The minimum atomic E-state index is 0.767. The molecule has 1 unspecified atom stereocenters. The molecule has 2 aliphatic rings. The molecule has 0 radical (unpaired) electrons. The van der Waals surface area contributed by atoms with Crippen LogP contribution < -0.4 is 5.32 Å². The molecule has 0 aromatic rings. The molecule has 1 N–H and O–H groups in total. The van der Waals surface area contributed by atoms with Gasteiger partial charge in [-0.1, -0.05) is 20.8 Å². The average molecular weight is 252 g/mol. The first-order valence-corrected chi connectivity index (χ1v) is 8.13. The molecule has 18 heavy (non-hydrogen) atoms. The highest BCUT2D eigenvalue weighted by Crippen LogP contribution is 2.34. The fourth-order valence-electron chi connectivity index (χ4n) is 2.71. The second-order valence-corrected chi connectivity index (χ2v) is 6.95. The molecule has 0 heterocycles. The monoisotopic (exact) mass is 252 g/mol. The first kappa shape index (κ1) is 14.3. The minimum Gasteiger partial charge on any atom is -0.315 e. The van der Waals surface area contributed by atoms with E-state index in [0.717, 1.165) is 30.3 Å². The average Bonchev–Trinajstić information content (AvgIpc) is 3.18. The van der Waals surface area contributed by atoms with Gasteiger partial charge in [-0.15, -0.1) is 0 Å². The van der Waals surface area contributed by atoms with Crippen molar-refractivity contribution < 1.29 is 0 Å². The van der Waals surface area contributed by atoms with Gasteiger partial charge in [0.2, 0.25) is 0 Å². The number of rotatable bonds is 10. The molecular formula is C16H32N2. The van der Waals surface area contributed by atoms with Crippen molar-refractivity contribution in [3.05, 3.63) is 0 Å². The summed E-state index contributed by atoms with van der Waals surface area (Å²) in [7, 11) is 0. The Bertz CT molecular complexity index is 217. The smallest absolute Gasteiger partial charge is 0.0218 e. The van der Waals surface area contributed by atoms with Crippen molar-refractivity contribution in [2.24, 2.45) is 17.8 Å². The highest BCUT2D eigenvalue weighted by Gasteiger charge is 2.31. The quantitative estimate of drug-likeness (QED) is 0.642. The molecular weight excluding hydrogens is 220 g/mol. The summed E-state index contributed by atoms with van der Waals surface area (Å²) in [5.74, 6) is 2.83. The molecule has 0 spiro atoms. The first-order chi connectivity index (χ1) is 8.69. The van der Waals surface area contributed by atoms with Crippen LogP contribution in [0.4, 0.5) is 0 Å². The third-order valence-corrected chi connectivity index (χ3v) is 4.30. The summed E-state index contributed by atoms with van der Waals surface area (Å²) < 4.78 is 0. The predicted octanol–water partition coefficient (Wildman–Crippen LogP) is 3.13. The van der Waals surface area contributed by atoms with Crippen LogP contribution in [0, 0.1) is 17.8 Å². The molecule has 2 saturated carbocycles. The van der Waals surface area contributed by atoms with Gasteiger partial charge in [0.1, 0.15) is 0 Å². The lowest BCUT2D eigenvalue weighted by Gasteiger charge is -2.32. The van der Waals surface area contributed by atoms with Gasteiger partial charge >= 0.3 is 0 Å². The zero-order valence-corrected chi connectivity index (χ0v) is 12.6. The van der Waals surface area contributed by atoms with Crippen LogP contribution in [0.3, 0.4) is 0 Å². The van der Waals surface area contributed by atoms with Gasteiger partial charge in [0, 0.05) is 25.7 Å². The van der Waals surface area contributed by atoms with Crippen LogP contribution in [0.1, 0.15) is 52.9 Å².